The zero-order valence-corrected chi connectivity index (χ0v) is 14.6. The number of hydrogen-bond donors (Lipinski definition) is 1. The van der Waals surface area contributed by atoms with Crippen molar-refractivity contribution in [3.05, 3.63) is 93.5 Å². The maximum absolute atomic E-state index is 13.5. The number of halogens is 1. The van der Waals surface area contributed by atoms with Crippen LogP contribution in [0.15, 0.2) is 65.5 Å². The number of carbonyl (C=O) groups is 1. The number of allylic oxidation sites excluding steroid dienone is 1. The number of hydrogen-bond acceptors (Lipinski definition) is 3. The largest absolute Gasteiger partial charge is 0.477 e. The number of carboxylic acid groups (broad SMARTS) is 1. The van der Waals surface area contributed by atoms with Crippen molar-refractivity contribution in [2.24, 2.45) is 0 Å². The first-order valence-corrected chi connectivity index (χ1v) is 8.29. The third-order valence-corrected chi connectivity index (χ3v) is 4.05. The van der Waals surface area contributed by atoms with E-state index in [0.29, 0.717) is 16.8 Å². The van der Waals surface area contributed by atoms with Crippen molar-refractivity contribution in [1.82, 2.24) is 9.78 Å². The van der Waals surface area contributed by atoms with Gasteiger partial charge < -0.3 is 5.11 Å². The molecule has 0 atom stereocenters. The number of nitrogens with zero attached hydrogens (tertiary/aromatic N) is 2. The molecule has 0 saturated carbocycles. The van der Waals surface area contributed by atoms with Crippen LogP contribution in [-0.2, 0) is 6.54 Å². The Kier molecular flexibility index (Phi) is 5.26. The van der Waals surface area contributed by atoms with Gasteiger partial charge in [-0.05, 0) is 42.3 Å². The Hall–Kier alpha value is -3.54. The molecule has 6 heteroatoms. The average molecular weight is 364 g/mol. The highest BCUT2D eigenvalue weighted by atomic mass is 19.1. The fourth-order valence-corrected chi connectivity index (χ4v) is 2.62. The molecule has 0 aliphatic rings. The molecule has 0 fully saturated rings. The van der Waals surface area contributed by atoms with E-state index >= 15 is 0 Å². The van der Waals surface area contributed by atoms with Gasteiger partial charge in [0.05, 0.1) is 12.2 Å². The summed E-state index contributed by atoms with van der Waals surface area (Å²) in [5.41, 5.74) is 1.13. The van der Waals surface area contributed by atoms with Gasteiger partial charge in [0.25, 0.3) is 5.56 Å². The molecule has 1 N–H and O–H groups in total. The number of aromatic nitrogens is 2. The van der Waals surface area contributed by atoms with Crippen molar-refractivity contribution in [1.29, 1.82) is 0 Å². The van der Waals surface area contributed by atoms with E-state index in [9.17, 15) is 19.1 Å². The molecule has 1 heterocycles. The van der Waals surface area contributed by atoms with Gasteiger partial charge in [-0.3, -0.25) is 4.79 Å². The SMILES string of the molecule is Cc1cc(-c2cc(C(=O)O)c(=O)n(C/C=C/c3ccccc3)n2)ccc1F. The van der Waals surface area contributed by atoms with Crippen LogP contribution in [-0.4, -0.2) is 20.9 Å². The smallest absolute Gasteiger partial charge is 0.341 e. The average Bonchev–Trinajstić information content (AvgIpc) is 2.66. The van der Waals surface area contributed by atoms with Crippen molar-refractivity contribution in [2.75, 3.05) is 0 Å². The Labute approximate surface area is 155 Å². The summed E-state index contributed by atoms with van der Waals surface area (Å²) in [4.78, 5) is 23.8. The zero-order chi connectivity index (χ0) is 19.4. The Morgan fingerprint density at radius 3 is 2.59 bits per heavy atom. The molecular formula is C21H17FN2O3. The second-order valence-electron chi connectivity index (χ2n) is 6.01. The lowest BCUT2D eigenvalue weighted by molar-refractivity contribution is 0.0694. The van der Waals surface area contributed by atoms with Gasteiger partial charge >= 0.3 is 5.97 Å². The van der Waals surface area contributed by atoms with Crippen LogP contribution >= 0.6 is 0 Å². The lowest BCUT2D eigenvalue weighted by atomic mass is 10.1. The minimum absolute atomic E-state index is 0.113. The van der Waals surface area contributed by atoms with Crippen LogP contribution in [0.2, 0.25) is 0 Å². The van der Waals surface area contributed by atoms with E-state index < -0.39 is 11.5 Å². The summed E-state index contributed by atoms with van der Waals surface area (Å²) >= 11 is 0. The van der Waals surface area contributed by atoms with E-state index in [4.69, 9.17) is 0 Å². The van der Waals surface area contributed by atoms with E-state index in [2.05, 4.69) is 5.10 Å². The summed E-state index contributed by atoms with van der Waals surface area (Å²) in [5.74, 6) is -1.69. The molecular weight excluding hydrogens is 347 g/mol. The lowest BCUT2D eigenvalue weighted by Crippen LogP contribution is -2.28. The molecule has 0 amide bonds. The number of aromatic carboxylic acids is 1. The predicted molar refractivity (Wildman–Crippen MR) is 101 cm³/mol. The third kappa shape index (κ3) is 4.17. The van der Waals surface area contributed by atoms with Gasteiger partial charge in [0.2, 0.25) is 0 Å². The standard InChI is InChI=1S/C21H17FN2O3/c1-14-12-16(9-10-18(14)22)19-13-17(21(26)27)20(25)24(23-19)11-5-8-15-6-3-2-4-7-15/h2-10,12-13H,11H2,1H3,(H,26,27)/b8-5+. The maximum Gasteiger partial charge on any atom is 0.341 e. The molecule has 0 aliphatic heterocycles. The van der Waals surface area contributed by atoms with Gasteiger partial charge in [-0.2, -0.15) is 5.10 Å². The number of aryl methyl sites for hydroxylation is 1. The topological polar surface area (TPSA) is 72.2 Å². The second kappa shape index (κ2) is 7.78. The molecule has 0 spiro atoms. The summed E-state index contributed by atoms with van der Waals surface area (Å²) in [7, 11) is 0. The fourth-order valence-electron chi connectivity index (χ4n) is 2.62. The van der Waals surface area contributed by atoms with Gasteiger partial charge in [0.15, 0.2) is 0 Å². The van der Waals surface area contributed by atoms with Gasteiger partial charge in [0.1, 0.15) is 11.4 Å². The summed E-state index contributed by atoms with van der Waals surface area (Å²) in [6.07, 6.45) is 3.55. The summed E-state index contributed by atoms with van der Waals surface area (Å²) < 4.78 is 14.6. The van der Waals surface area contributed by atoms with Crippen LogP contribution in [0.1, 0.15) is 21.5 Å². The van der Waals surface area contributed by atoms with Crippen molar-refractivity contribution < 1.29 is 14.3 Å². The van der Waals surface area contributed by atoms with Gasteiger partial charge in [-0.1, -0.05) is 42.5 Å². The Balaban J connectivity index is 2.01. The van der Waals surface area contributed by atoms with Crippen molar-refractivity contribution in [3.8, 4) is 11.3 Å². The van der Waals surface area contributed by atoms with Gasteiger partial charge in [0, 0.05) is 5.56 Å². The number of rotatable bonds is 5. The van der Waals surface area contributed by atoms with Crippen LogP contribution in [0, 0.1) is 12.7 Å². The molecule has 1 aromatic heterocycles. The number of benzene rings is 2. The van der Waals surface area contributed by atoms with Crippen LogP contribution in [0.25, 0.3) is 17.3 Å². The van der Waals surface area contributed by atoms with Crippen LogP contribution in [0.4, 0.5) is 4.39 Å². The molecule has 27 heavy (non-hydrogen) atoms. The molecule has 0 unspecified atom stereocenters. The van der Waals surface area contributed by atoms with Crippen molar-refractivity contribution in [3.63, 3.8) is 0 Å². The fraction of sp³-hybridized carbons (Fsp3) is 0.0952. The minimum Gasteiger partial charge on any atom is -0.477 e. The minimum atomic E-state index is -1.33. The quantitative estimate of drug-likeness (QED) is 0.748. The highest BCUT2D eigenvalue weighted by Gasteiger charge is 2.15. The van der Waals surface area contributed by atoms with E-state index in [1.54, 1.807) is 19.1 Å². The molecule has 0 radical (unpaired) electrons. The van der Waals surface area contributed by atoms with E-state index in [-0.39, 0.29) is 17.9 Å². The lowest BCUT2D eigenvalue weighted by Gasteiger charge is -2.08. The third-order valence-electron chi connectivity index (χ3n) is 4.05. The molecule has 0 saturated heterocycles. The van der Waals surface area contributed by atoms with Gasteiger partial charge in [-0.25, -0.2) is 13.9 Å². The molecule has 136 valence electrons. The molecule has 0 aliphatic carbocycles. The molecule has 3 rings (SSSR count). The summed E-state index contributed by atoms with van der Waals surface area (Å²) in [6.45, 7) is 1.72. The highest BCUT2D eigenvalue weighted by molar-refractivity contribution is 5.88. The molecule has 2 aromatic carbocycles. The molecule has 3 aromatic rings. The summed E-state index contributed by atoms with van der Waals surface area (Å²) in [6, 6.07) is 15.1. The molecule has 0 bridgehead atoms. The normalized spacial score (nSPS) is 11.0. The Bertz CT molecular complexity index is 1070. The van der Waals surface area contributed by atoms with Crippen LogP contribution in [0.5, 0.6) is 0 Å². The first-order valence-electron chi connectivity index (χ1n) is 8.29. The van der Waals surface area contributed by atoms with Crippen molar-refractivity contribution >= 4 is 12.0 Å². The van der Waals surface area contributed by atoms with E-state index in [1.807, 2.05) is 36.4 Å². The Morgan fingerprint density at radius 2 is 1.93 bits per heavy atom. The second-order valence-corrected chi connectivity index (χ2v) is 6.01. The summed E-state index contributed by atoms with van der Waals surface area (Å²) in [5, 5.41) is 13.6. The number of carboxylic acids is 1. The van der Waals surface area contributed by atoms with Gasteiger partial charge in [-0.15, -0.1) is 0 Å². The first kappa shape index (κ1) is 18.3. The van der Waals surface area contributed by atoms with Crippen molar-refractivity contribution in [2.45, 2.75) is 13.5 Å². The van der Waals surface area contributed by atoms with Crippen LogP contribution in [0.3, 0.4) is 0 Å². The first-order chi connectivity index (χ1) is 13.0. The van der Waals surface area contributed by atoms with E-state index in [0.717, 1.165) is 10.2 Å². The predicted octanol–water partition coefficient (Wildman–Crippen LogP) is 3.77. The van der Waals surface area contributed by atoms with Crippen LogP contribution < -0.4 is 5.56 Å². The molecule has 5 nitrogen and oxygen atoms in total. The highest BCUT2D eigenvalue weighted by Crippen LogP contribution is 2.20. The monoisotopic (exact) mass is 364 g/mol. The Morgan fingerprint density at radius 1 is 1.19 bits per heavy atom. The maximum atomic E-state index is 13.5. The van der Waals surface area contributed by atoms with E-state index in [1.165, 1.54) is 18.2 Å². The zero-order valence-electron chi connectivity index (χ0n) is 14.6.